The van der Waals surface area contributed by atoms with E-state index >= 15 is 0 Å². The van der Waals surface area contributed by atoms with Crippen molar-refractivity contribution in [3.63, 3.8) is 0 Å². The third kappa shape index (κ3) is 4.17. The van der Waals surface area contributed by atoms with Crippen molar-refractivity contribution >= 4 is 17.3 Å². The van der Waals surface area contributed by atoms with Gasteiger partial charge in [0.05, 0.1) is 17.8 Å². The zero-order valence-electron chi connectivity index (χ0n) is 11.9. The molecule has 0 fully saturated rings. The van der Waals surface area contributed by atoms with Crippen LogP contribution in [0.15, 0.2) is 48.5 Å². The summed E-state index contributed by atoms with van der Waals surface area (Å²) in [6.45, 7) is 2.17. The quantitative estimate of drug-likeness (QED) is 0.826. The molecule has 0 saturated carbocycles. The van der Waals surface area contributed by atoms with Crippen LogP contribution in [0.1, 0.15) is 18.9 Å². The third-order valence-corrected chi connectivity index (χ3v) is 3.63. The normalized spacial score (nSPS) is 11.9. The van der Waals surface area contributed by atoms with Gasteiger partial charge in [-0.05, 0) is 49.6 Å². The molecule has 0 amide bonds. The number of anilines is 1. The van der Waals surface area contributed by atoms with E-state index in [0.717, 1.165) is 29.3 Å². The van der Waals surface area contributed by atoms with Gasteiger partial charge in [-0.15, -0.1) is 0 Å². The average molecular weight is 290 g/mol. The molecule has 1 N–H and O–H groups in total. The highest BCUT2D eigenvalue weighted by Crippen LogP contribution is 2.22. The number of nitrogens with one attached hydrogen (secondary N) is 1. The van der Waals surface area contributed by atoms with Gasteiger partial charge in [0, 0.05) is 6.04 Å². The Morgan fingerprint density at radius 2 is 1.80 bits per heavy atom. The number of hydrogen-bond donors (Lipinski definition) is 1. The maximum Gasteiger partial charge on any atom is 0.118 e. The van der Waals surface area contributed by atoms with Crippen LogP contribution < -0.4 is 10.1 Å². The van der Waals surface area contributed by atoms with Crippen LogP contribution in [0.2, 0.25) is 5.02 Å². The summed E-state index contributed by atoms with van der Waals surface area (Å²) in [5, 5.41) is 4.21. The average Bonchev–Trinajstić information content (AvgIpc) is 2.48. The minimum Gasteiger partial charge on any atom is -0.497 e. The Labute approximate surface area is 125 Å². The Morgan fingerprint density at radius 1 is 1.10 bits per heavy atom. The molecular weight excluding hydrogens is 270 g/mol. The number of methoxy groups -OCH3 is 1. The number of hydrogen-bond acceptors (Lipinski definition) is 2. The second kappa shape index (κ2) is 7.20. The molecule has 2 nitrogen and oxygen atoms in total. The van der Waals surface area contributed by atoms with E-state index in [9.17, 15) is 0 Å². The summed E-state index contributed by atoms with van der Waals surface area (Å²) in [6, 6.07) is 16.4. The second-order valence-corrected chi connectivity index (χ2v) is 5.32. The molecule has 20 heavy (non-hydrogen) atoms. The first-order valence-electron chi connectivity index (χ1n) is 6.83. The van der Waals surface area contributed by atoms with Crippen LogP contribution in [0.5, 0.6) is 5.75 Å². The van der Waals surface area contributed by atoms with Gasteiger partial charge in [-0.1, -0.05) is 35.9 Å². The number of ether oxygens (including phenoxy) is 1. The molecule has 0 spiro atoms. The molecule has 0 radical (unpaired) electrons. The number of rotatable bonds is 6. The largest absolute Gasteiger partial charge is 0.497 e. The smallest absolute Gasteiger partial charge is 0.118 e. The Hall–Kier alpha value is -1.67. The van der Waals surface area contributed by atoms with Gasteiger partial charge in [0.1, 0.15) is 5.75 Å². The SMILES string of the molecule is COc1ccc(CCC(C)Nc2ccccc2Cl)cc1. The maximum atomic E-state index is 6.14. The summed E-state index contributed by atoms with van der Waals surface area (Å²) in [5.74, 6) is 0.899. The van der Waals surface area contributed by atoms with Crippen molar-refractivity contribution in [3.8, 4) is 5.75 Å². The molecular formula is C17H20ClNO. The van der Waals surface area contributed by atoms with Gasteiger partial charge >= 0.3 is 0 Å². The Kier molecular flexibility index (Phi) is 5.31. The van der Waals surface area contributed by atoms with Crippen LogP contribution >= 0.6 is 11.6 Å². The summed E-state index contributed by atoms with van der Waals surface area (Å²) >= 11 is 6.14. The molecule has 0 bridgehead atoms. The van der Waals surface area contributed by atoms with E-state index in [1.165, 1.54) is 5.56 Å². The highest BCUT2D eigenvalue weighted by atomic mass is 35.5. The van der Waals surface area contributed by atoms with E-state index in [4.69, 9.17) is 16.3 Å². The summed E-state index contributed by atoms with van der Waals surface area (Å²) in [6.07, 6.45) is 2.08. The molecule has 3 heteroatoms. The number of para-hydroxylation sites is 1. The first-order chi connectivity index (χ1) is 9.69. The van der Waals surface area contributed by atoms with Crippen molar-refractivity contribution < 1.29 is 4.74 Å². The fourth-order valence-electron chi connectivity index (χ4n) is 2.09. The van der Waals surface area contributed by atoms with Crippen LogP contribution in [0.3, 0.4) is 0 Å². The first kappa shape index (κ1) is 14.7. The third-order valence-electron chi connectivity index (χ3n) is 3.30. The van der Waals surface area contributed by atoms with Gasteiger partial charge in [-0.3, -0.25) is 0 Å². The lowest BCUT2D eigenvalue weighted by atomic mass is 10.1. The molecule has 0 aliphatic rings. The number of aryl methyl sites for hydroxylation is 1. The van der Waals surface area contributed by atoms with Gasteiger partial charge in [-0.2, -0.15) is 0 Å². The molecule has 2 aromatic rings. The van der Waals surface area contributed by atoms with E-state index in [1.54, 1.807) is 7.11 Å². The van der Waals surface area contributed by atoms with Gasteiger partial charge in [0.2, 0.25) is 0 Å². The van der Waals surface area contributed by atoms with E-state index in [2.05, 4.69) is 24.4 Å². The molecule has 0 aromatic heterocycles. The van der Waals surface area contributed by atoms with E-state index in [-0.39, 0.29) is 0 Å². The highest BCUT2D eigenvalue weighted by molar-refractivity contribution is 6.33. The van der Waals surface area contributed by atoms with Crippen LogP contribution in [-0.2, 0) is 6.42 Å². The number of benzene rings is 2. The highest BCUT2D eigenvalue weighted by Gasteiger charge is 2.05. The molecule has 0 aliphatic heterocycles. The molecule has 0 heterocycles. The summed E-state index contributed by atoms with van der Waals surface area (Å²) in [7, 11) is 1.69. The fraction of sp³-hybridized carbons (Fsp3) is 0.294. The van der Waals surface area contributed by atoms with Crippen molar-refractivity contribution in [2.75, 3.05) is 12.4 Å². The molecule has 0 aliphatic carbocycles. The molecule has 106 valence electrons. The van der Waals surface area contributed by atoms with Crippen molar-refractivity contribution in [2.24, 2.45) is 0 Å². The molecule has 1 atom stereocenters. The van der Waals surface area contributed by atoms with E-state index < -0.39 is 0 Å². The Balaban J connectivity index is 1.85. The lowest BCUT2D eigenvalue weighted by Crippen LogP contribution is -2.16. The first-order valence-corrected chi connectivity index (χ1v) is 7.21. The summed E-state index contributed by atoms with van der Waals surface area (Å²) < 4.78 is 5.16. The molecule has 1 unspecified atom stereocenters. The van der Waals surface area contributed by atoms with Crippen molar-refractivity contribution in [3.05, 3.63) is 59.1 Å². The van der Waals surface area contributed by atoms with Crippen LogP contribution in [0, 0.1) is 0 Å². The van der Waals surface area contributed by atoms with Gasteiger partial charge < -0.3 is 10.1 Å². The van der Waals surface area contributed by atoms with E-state index in [0.29, 0.717) is 6.04 Å². The Bertz CT molecular complexity index is 539. The predicted molar refractivity (Wildman–Crippen MR) is 85.9 cm³/mol. The van der Waals surface area contributed by atoms with E-state index in [1.807, 2.05) is 36.4 Å². The second-order valence-electron chi connectivity index (χ2n) is 4.91. The summed E-state index contributed by atoms with van der Waals surface area (Å²) in [4.78, 5) is 0. The fourth-order valence-corrected chi connectivity index (χ4v) is 2.28. The lowest BCUT2D eigenvalue weighted by Gasteiger charge is -2.16. The van der Waals surface area contributed by atoms with Gasteiger partial charge in [-0.25, -0.2) is 0 Å². The Morgan fingerprint density at radius 3 is 2.45 bits per heavy atom. The topological polar surface area (TPSA) is 21.3 Å². The van der Waals surface area contributed by atoms with Crippen molar-refractivity contribution in [2.45, 2.75) is 25.8 Å². The van der Waals surface area contributed by atoms with Gasteiger partial charge in [0.25, 0.3) is 0 Å². The molecule has 0 saturated heterocycles. The van der Waals surface area contributed by atoms with Crippen LogP contribution in [-0.4, -0.2) is 13.2 Å². The predicted octanol–water partition coefficient (Wildman–Crippen LogP) is 4.78. The maximum absolute atomic E-state index is 6.14. The minimum absolute atomic E-state index is 0.372. The van der Waals surface area contributed by atoms with Crippen LogP contribution in [0.4, 0.5) is 5.69 Å². The monoisotopic (exact) mass is 289 g/mol. The minimum atomic E-state index is 0.372. The number of halogens is 1. The van der Waals surface area contributed by atoms with Crippen LogP contribution in [0.25, 0.3) is 0 Å². The standard InChI is InChI=1S/C17H20ClNO/c1-13(19-17-6-4-3-5-16(17)18)7-8-14-9-11-15(20-2)12-10-14/h3-6,9-13,19H,7-8H2,1-2H3. The zero-order chi connectivity index (χ0) is 14.4. The molecule has 2 rings (SSSR count). The molecule has 2 aromatic carbocycles. The zero-order valence-corrected chi connectivity index (χ0v) is 12.7. The van der Waals surface area contributed by atoms with Gasteiger partial charge in [0.15, 0.2) is 0 Å². The summed E-state index contributed by atoms with van der Waals surface area (Å²) in [5.41, 5.74) is 2.31. The van der Waals surface area contributed by atoms with Crippen molar-refractivity contribution in [1.29, 1.82) is 0 Å². The lowest BCUT2D eigenvalue weighted by molar-refractivity contribution is 0.414. The van der Waals surface area contributed by atoms with Crippen molar-refractivity contribution in [1.82, 2.24) is 0 Å².